The van der Waals surface area contributed by atoms with Crippen molar-refractivity contribution in [1.82, 2.24) is 14.3 Å². The summed E-state index contributed by atoms with van der Waals surface area (Å²) in [5.41, 5.74) is 8.27. The third kappa shape index (κ3) is 2.51. The molecule has 2 aromatic heterocycles. The normalized spacial score (nSPS) is 18.6. The molecule has 0 aromatic carbocycles. The quantitative estimate of drug-likeness (QED) is 0.905. The molecule has 0 bridgehead atoms. The number of likely N-dealkylation sites (N-methyl/N-ethyl adjacent to an activating group) is 1. The predicted octanol–water partition coefficient (Wildman–Crippen LogP) is 0.976. The van der Waals surface area contributed by atoms with E-state index in [-0.39, 0.29) is 6.04 Å². The zero-order valence-electron chi connectivity index (χ0n) is 12.3. The van der Waals surface area contributed by atoms with E-state index in [0.717, 1.165) is 44.1 Å². The number of piperazine rings is 1. The zero-order chi connectivity index (χ0) is 14.1. The summed E-state index contributed by atoms with van der Waals surface area (Å²) in [6.07, 6.45) is 2.94. The van der Waals surface area contributed by atoms with Gasteiger partial charge in [-0.25, -0.2) is 4.98 Å². The first-order valence-electron chi connectivity index (χ1n) is 7.30. The highest BCUT2D eigenvalue weighted by atomic mass is 15.3. The summed E-state index contributed by atoms with van der Waals surface area (Å²) in [7, 11) is 2.17. The van der Waals surface area contributed by atoms with Gasteiger partial charge in [0.2, 0.25) is 0 Å². The Balaban J connectivity index is 2.00. The van der Waals surface area contributed by atoms with E-state index in [1.54, 1.807) is 0 Å². The smallest absolute Gasteiger partial charge is 0.151 e. The second kappa shape index (κ2) is 5.42. The average Bonchev–Trinajstić information content (AvgIpc) is 2.78. The van der Waals surface area contributed by atoms with Crippen molar-refractivity contribution >= 4 is 11.5 Å². The van der Waals surface area contributed by atoms with Crippen LogP contribution in [0.3, 0.4) is 0 Å². The molecular weight excluding hydrogens is 250 g/mol. The number of pyridine rings is 1. The van der Waals surface area contributed by atoms with Gasteiger partial charge < -0.3 is 19.9 Å². The average molecular weight is 273 g/mol. The molecule has 5 nitrogen and oxygen atoms in total. The lowest BCUT2D eigenvalue weighted by Gasteiger charge is -2.33. The highest BCUT2D eigenvalue weighted by molar-refractivity contribution is 5.56. The molecule has 1 aliphatic heterocycles. The lowest BCUT2D eigenvalue weighted by Crippen LogP contribution is -2.45. The third-order valence-electron chi connectivity index (χ3n) is 3.93. The van der Waals surface area contributed by atoms with Gasteiger partial charge in [0.1, 0.15) is 5.65 Å². The molecule has 0 saturated carbocycles. The first kappa shape index (κ1) is 13.4. The molecule has 3 heterocycles. The van der Waals surface area contributed by atoms with Crippen molar-refractivity contribution < 1.29 is 0 Å². The summed E-state index contributed by atoms with van der Waals surface area (Å²) in [6.45, 7) is 6.30. The molecule has 0 radical (unpaired) electrons. The molecule has 2 aromatic rings. The van der Waals surface area contributed by atoms with Gasteiger partial charge in [0.15, 0.2) is 5.82 Å². The maximum atomic E-state index is 6.03. The van der Waals surface area contributed by atoms with Gasteiger partial charge in [0.25, 0.3) is 0 Å². The Morgan fingerprint density at radius 2 is 2.00 bits per heavy atom. The molecule has 20 heavy (non-hydrogen) atoms. The number of anilines is 1. The van der Waals surface area contributed by atoms with Gasteiger partial charge in [-0.15, -0.1) is 0 Å². The van der Waals surface area contributed by atoms with Crippen LogP contribution >= 0.6 is 0 Å². The third-order valence-corrected chi connectivity index (χ3v) is 3.93. The molecule has 5 heteroatoms. The first-order valence-corrected chi connectivity index (χ1v) is 7.30. The Morgan fingerprint density at radius 1 is 1.25 bits per heavy atom. The van der Waals surface area contributed by atoms with E-state index in [4.69, 9.17) is 10.7 Å². The van der Waals surface area contributed by atoms with Gasteiger partial charge in [-0.1, -0.05) is 6.07 Å². The van der Waals surface area contributed by atoms with Gasteiger partial charge in [-0.3, -0.25) is 0 Å². The summed E-state index contributed by atoms with van der Waals surface area (Å²) in [5, 5.41) is 0. The Hall–Kier alpha value is -1.59. The van der Waals surface area contributed by atoms with Crippen molar-refractivity contribution in [3.05, 3.63) is 30.1 Å². The van der Waals surface area contributed by atoms with Crippen LogP contribution in [0.25, 0.3) is 5.65 Å². The molecule has 1 atom stereocenters. The highest BCUT2D eigenvalue weighted by Crippen LogP contribution is 2.24. The molecule has 1 saturated heterocycles. The van der Waals surface area contributed by atoms with E-state index in [1.807, 2.05) is 12.1 Å². The van der Waals surface area contributed by atoms with Crippen LogP contribution in [0.5, 0.6) is 0 Å². The molecule has 0 aliphatic carbocycles. The molecule has 2 N–H and O–H groups in total. The molecule has 1 aliphatic rings. The van der Waals surface area contributed by atoms with Crippen LogP contribution in [0.1, 0.15) is 12.6 Å². The highest BCUT2D eigenvalue weighted by Gasteiger charge is 2.21. The van der Waals surface area contributed by atoms with E-state index < -0.39 is 0 Å². The van der Waals surface area contributed by atoms with Crippen LogP contribution in [-0.4, -0.2) is 53.6 Å². The molecule has 1 fully saturated rings. The summed E-state index contributed by atoms with van der Waals surface area (Å²) in [5.74, 6) is 1.11. The predicted molar refractivity (Wildman–Crippen MR) is 82.3 cm³/mol. The number of hydrogen-bond acceptors (Lipinski definition) is 4. The van der Waals surface area contributed by atoms with E-state index in [0.29, 0.717) is 0 Å². The first-order chi connectivity index (χ1) is 9.65. The van der Waals surface area contributed by atoms with Crippen molar-refractivity contribution in [2.45, 2.75) is 19.4 Å². The van der Waals surface area contributed by atoms with Gasteiger partial charge in [-0.2, -0.15) is 0 Å². The fraction of sp³-hybridized carbons (Fsp3) is 0.533. The van der Waals surface area contributed by atoms with Crippen LogP contribution in [0.2, 0.25) is 0 Å². The summed E-state index contributed by atoms with van der Waals surface area (Å²) < 4.78 is 2.18. The van der Waals surface area contributed by atoms with E-state index >= 15 is 0 Å². The minimum absolute atomic E-state index is 0.140. The second-order valence-corrected chi connectivity index (χ2v) is 5.78. The van der Waals surface area contributed by atoms with Gasteiger partial charge >= 0.3 is 0 Å². The number of fused-ring (bicyclic) bond motifs is 1. The number of nitrogens with zero attached hydrogens (tertiary/aromatic N) is 4. The van der Waals surface area contributed by atoms with Crippen molar-refractivity contribution in [1.29, 1.82) is 0 Å². The maximum Gasteiger partial charge on any atom is 0.151 e. The summed E-state index contributed by atoms with van der Waals surface area (Å²) in [6, 6.07) is 6.28. The minimum Gasteiger partial charge on any atom is -0.353 e. The Kier molecular flexibility index (Phi) is 3.63. The monoisotopic (exact) mass is 273 g/mol. The molecule has 0 amide bonds. The molecule has 108 valence electrons. The van der Waals surface area contributed by atoms with Crippen molar-refractivity contribution in [3.8, 4) is 0 Å². The lowest BCUT2D eigenvalue weighted by molar-refractivity contribution is 0.312. The zero-order valence-corrected chi connectivity index (χ0v) is 12.3. The van der Waals surface area contributed by atoms with Crippen LogP contribution in [-0.2, 0) is 6.42 Å². The topological polar surface area (TPSA) is 49.8 Å². The summed E-state index contributed by atoms with van der Waals surface area (Å²) >= 11 is 0. The largest absolute Gasteiger partial charge is 0.353 e. The Bertz CT molecular complexity index is 581. The molecule has 0 spiro atoms. The SMILES string of the molecule is CC(N)Cc1c(N2CCN(C)CC2)nc2ccccn12. The molecular formula is C15H23N5. The van der Waals surface area contributed by atoms with E-state index in [9.17, 15) is 0 Å². The van der Waals surface area contributed by atoms with Crippen LogP contribution in [0.4, 0.5) is 5.82 Å². The number of nitrogens with two attached hydrogens (primary N) is 1. The molecule has 3 rings (SSSR count). The van der Waals surface area contributed by atoms with Crippen LogP contribution in [0.15, 0.2) is 24.4 Å². The number of imidazole rings is 1. The lowest BCUT2D eigenvalue weighted by atomic mass is 10.2. The van der Waals surface area contributed by atoms with E-state index in [2.05, 4.69) is 40.4 Å². The van der Waals surface area contributed by atoms with Crippen LogP contribution < -0.4 is 10.6 Å². The number of rotatable bonds is 3. The fourth-order valence-corrected chi connectivity index (χ4v) is 2.80. The van der Waals surface area contributed by atoms with Gasteiger partial charge in [0.05, 0.1) is 5.69 Å². The number of aromatic nitrogens is 2. The van der Waals surface area contributed by atoms with Crippen molar-refractivity contribution in [2.24, 2.45) is 5.73 Å². The maximum absolute atomic E-state index is 6.03. The minimum atomic E-state index is 0.140. The molecule has 1 unspecified atom stereocenters. The number of hydrogen-bond donors (Lipinski definition) is 1. The fourth-order valence-electron chi connectivity index (χ4n) is 2.80. The van der Waals surface area contributed by atoms with E-state index in [1.165, 1.54) is 5.69 Å². The summed E-state index contributed by atoms with van der Waals surface area (Å²) in [4.78, 5) is 9.58. The standard InChI is InChI=1S/C15H23N5/c1-12(16)11-13-15(19-9-7-18(2)8-10-19)17-14-5-3-4-6-20(13)14/h3-6,12H,7-11,16H2,1-2H3. The van der Waals surface area contributed by atoms with Gasteiger partial charge in [-0.05, 0) is 26.1 Å². The second-order valence-electron chi connectivity index (χ2n) is 5.78. The Morgan fingerprint density at radius 3 is 2.70 bits per heavy atom. The van der Waals surface area contributed by atoms with Gasteiger partial charge in [0, 0.05) is 44.8 Å². The Labute approximate surface area is 120 Å². The van der Waals surface area contributed by atoms with Crippen LogP contribution in [0, 0.1) is 0 Å². The van der Waals surface area contributed by atoms with Crippen molar-refractivity contribution in [2.75, 3.05) is 38.1 Å². The van der Waals surface area contributed by atoms with Crippen molar-refractivity contribution in [3.63, 3.8) is 0 Å².